The van der Waals surface area contributed by atoms with Crippen molar-refractivity contribution in [2.24, 2.45) is 0 Å². The van der Waals surface area contributed by atoms with Crippen molar-refractivity contribution in [2.75, 3.05) is 12.4 Å². The molecular weight excluding hydrogens is 323 g/mol. The maximum atomic E-state index is 13.4. The predicted molar refractivity (Wildman–Crippen MR) is 79.1 cm³/mol. The molecule has 0 aromatic heterocycles. The first-order valence-electron chi connectivity index (χ1n) is 5.90. The number of ether oxygens (including phenoxy) is 1. The van der Waals surface area contributed by atoms with Gasteiger partial charge < -0.3 is 10.1 Å². The Hall–Kier alpha value is -2.06. The zero-order chi connectivity index (χ0) is 14.5. The number of nitrogens with one attached hydrogen (secondary N) is 1. The van der Waals surface area contributed by atoms with Crippen LogP contribution in [0.25, 0.3) is 0 Å². The number of hydrogen-bond acceptors (Lipinski definition) is 3. The fourth-order valence-corrected chi connectivity index (χ4v) is 2.00. The van der Waals surface area contributed by atoms with E-state index in [4.69, 9.17) is 10.00 Å². The number of benzene rings is 2. The summed E-state index contributed by atoms with van der Waals surface area (Å²) in [6, 6.07) is 12.1. The first kappa shape index (κ1) is 14.4. The third-order valence-corrected chi connectivity index (χ3v) is 3.44. The number of nitriles is 1. The van der Waals surface area contributed by atoms with Crippen molar-refractivity contribution in [3.63, 3.8) is 0 Å². The van der Waals surface area contributed by atoms with E-state index in [1.165, 1.54) is 6.07 Å². The van der Waals surface area contributed by atoms with Crippen LogP contribution in [-0.4, -0.2) is 7.11 Å². The number of nitrogens with zero attached hydrogens (tertiary/aromatic N) is 1. The molecule has 0 atom stereocenters. The minimum Gasteiger partial charge on any atom is -0.495 e. The molecule has 0 amide bonds. The highest BCUT2D eigenvalue weighted by Crippen LogP contribution is 2.26. The number of methoxy groups -OCH3 is 1. The molecule has 0 unspecified atom stereocenters. The van der Waals surface area contributed by atoms with Gasteiger partial charge in [-0.05, 0) is 45.8 Å². The Morgan fingerprint density at radius 2 is 2.10 bits per heavy atom. The van der Waals surface area contributed by atoms with E-state index < -0.39 is 0 Å². The van der Waals surface area contributed by atoms with Gasteiger partial charge in [-0.1, -0.05) is 6.07 Å². The number of anilines is 1. The van der Waals surface area contributed by atoms with Gasteiger partial charge in [0.15, 0.2) is 0 Å². The van der Waals surface area contributed by atoms with Gasteiger partial charge in [-0.3, -0.25) is 0 Å². The first-order chi connectivity index (χ1) is 9.63. The van der Waals surface area contributed by atoms with Crippen molar-refractivity contribution < 1.29 is 9.13 Å². The molecule has 2 rings (SSSR count). The highest BCUT2D eigenvalue weighted by atomic mass is 79.9. The van der Waals surface area contributed by atoms with Crippen LogP contribution in [-0.2, 0) is 6.54 Å². The van der Waals surface area contributed by atoms with Gasteiger partial charge >= 0.3 is 0 Å². The van der Waals surface area contributed by atoms with Crippen molar-refractivity contribution in [2.45, 2.75) is 6.54 Å². The zero-order valence-corrected chi connectivity index (χ0v) is 12.4. The Morgan fingerprint density at radius 1 is 1.30 bits per heavy atom. The molecule has 5 heteroatoms. The molecule has 2 aromatic carbocycles. The van der Waals surface area contributed by atoms with Crippen LogP contribution in [0.1, 0.15) is 11.1 Å². The second kappa shape index (κ2) is 6.40. The van der Waals surface area contributed by atoms with Gasteiger partial charge in [0.1, 0.15) is 11.6 Å². The third kappa shape index (κ3) is 3.28. The summed E-state index contributed by atoms with van der Waals surface area (Å²) >= 11 is 3.12. The maximum Gasteiger partial charge on any atom is 0.143 e. The van der Waals surface area contributed by atoms with Crippen LogP contribution in [0.15, 0.2) is 40.9 Å². The Bertz CT molecular complexity index is 667. The molecule has 0 spiro atoms. The van der Waals surface area contributed by atoms with Gasteiger partial charge in [0.05, 0.1) is 28.9 Å². The van der Waals surface area contributed by atoms with Crippen LogP contribution in [0.3, 0.4) is 0 Å². The number of hydrogen-bond donors (Lipinski definition) is 1. The van der Waals surface area contributed by atoms with E-state index in [-0.39, 0.29) is 5.82 Å². The normalized spacial score (nSPS) is 9.90. The molecule has 20 heavy (non-hydrogen) atoms. The summed E-state index contributed by atoms with van der Waals surface area (Å²) < 4.78 is 19.1. The fourth-order valence-electron chi connectivity index (χ4n) is 1.75. The Morgan fingerprint density at radius 3 is 2.75 bits per heavy atom. The summed E-state index contributed by atoms with van der Waals surface area (Å²) in [5, 5.41) is 12.0. The molecule has 0 bridgehead atoms. The first-order valence-corrected chi connectivity index (χ1v) is 6.69. The highest BCUT2D eigenvalue weighted by Gasteiger charge is 2.05. The van der Waals surface area contributed by atoms with Gasteiger partial charge in [-0.25, -0.2) is 4.39 Å². The van der Waals surface area contributed by atoms with Crippen LogP contribution in [0.2, 0.25) is 0 Å². The highest BCUT2D eigenvalue weighted by molar-refractivity contribution is 9.10. The molecule has 1 N–H and O–H groups in total. The number of rotatable bonds is 4. The van der Waals surface area contributed by atoms with Crippen LogP contribution < -0.4 is 10.1 Å². The minimum atomic E-state index is -0.295. The molecule has 102 valence electrons. The monoisotopic (exact) mass is 334 g/mol. The average molecular weight is 335 g/mol. The zero-order valence-electron chi connectivity index (χ0n) is 10.8. The predicted octanol–water partition coefficient (Wildman–Crippen LogP) is 4.08. The lowest BCUT2D eigenvalue weighted by molar-refractivity contribution is 0.416. The molecule has 0 aliphatic heterocycles. The Kier molecular flexibility index (Phi) is 4.59. The summed E-state index contributed by atoms with van der Waals surface area (Å²) in [4.78, 5) is 0. The van der Waals surface area contributed by atoms with E-state index in [0.717, 1.165) is 11.3 Å². The topological polar surface area (TPSA) is 45.0 Å². The second-order valence-corrected chi connectivity index (χ2v) is 4.98. The molecule has 0 fully saturated rings. The Labute approximate surface area is 125 Å². The van der Waals surface area contributed by atoms with Crippen molar-refractivity contribution in [3.8, 4) is 11.8 Å². The summed E-state index contributed by atoms with van der Waals surface area (Å²) in [6.45, 7) is 0.465. The summed E-state index contributed by atoms with van der Waals surface area (Å²) in [5.41, 5.74) is 2.11. The molecule has 0 radical (unpaired) electrons. The number of halogens is 2. The fraction of sp³-hybridized carbons (Fsp3) is 0.133. The van der Waals surface area contributed by atoms with Gasteiger partial charge in [-0.15, -0.1) is 0 Å². The van der Waals surface area contributed by atoms with E-state index in [1.54, 1.807) is 31.4 Å². The van der Waals surface area contributed by atoms with E-state index >= 15 is 0 Å². The smallest absolute Gasteiger partial charge is 0.143 e. The minimum absolute atomic E-state index is 0.295. The van der Waals surface area contributed by atoms with Crippen LogP contribution in [0, 0.1) is 17.1 Å². The van der Waals surface area contributed by atoms with Crippen LogP contribution >= 0.6 is 15.9 Å². The van der Waals surface area contributed by atoms with E-state index in [1.807, 2.05) is 6.07 Å². The van der Waals surface area contributed by atoms with Gasteiger partial charge in [0.25, 0.3) is 0 Å². The summed E-state index contributed by atoms with van der Waals surface area (Å²) in [6.07, 6.45) is 0. The standard InChI is InChI=1S/C15H12BrFN2O/c1-20-15-7-10(8-18)3-5-14(15)19-9-11-2-4-12(16)13(17)6-11/h2-7,19H,9H2,1H3. The molecule has 0 heterocycles. The third-order valence-electron chi connectivity index (χ3n) is 2.80. The lowest BCUT2D eigenvalue weighted by Crippen LogP contribution is -2.02. The van der Waals surface area contributed by atoms with Crippen LogP contribution in [0.4, 0.5) is 10.1 Å². The van der Waals surface area contributed by atoms with Gasteiger partial charge in [0.2, 0.25) is 0 Å². The van der Waals surface area contributed by atoms with Crippen molar-refractivity contribution in [3.05, 3.63) is 57.8 Å². The SMILES string of the molecule is COc1cc(C#N)ccc1NCc1ccc(Br)c(F)c1. The maximum absolute atomic E-state index is 13.4. The van der Waals surface area contributed by atoms with Gasteiger partial charge in [-0.2, -0.15) is 5.26 Å². The van der Waals surface area contributed by atoms with Crippen LogP contribution in [0.5, 0.6) is 5.75 Å². The molecule has 3 nitrogen and oxygen atoms in total. The van der Waals surface area contributed by atoms with E-state index in [2.05, 4.69) is 27.3 Å². The summed E-state index contributed by atoms with van der Waals surface area (Å²) in [7, 11) is 1.54. The molecular formula is C15H12BrFN2O. The largest absolute Gasteiger partial charge is 0.495 e. The van der Waals surface area contributed by atoms with Gasteiger partial charge in [0, 0.05) is 12.6 Å². The second-order valence-electron chi connectivity index (χ2n) is 4.13. The molecule has 0 saturated heterocycles. The van der Waals surface area contributed by atoms with Crippen molar-refractivity contribution >= 4 is 21.6 Å². The van der Waals surface area contributed by atoms with E-state index in [0.29, 0.717) is 22.3 Å². The molecule has 0 saturated carbocycles. The molecule has 0 aliphatic carbocycles. The quantitative estimate of drug-likeness (QED) is 0.916. The molecule has 2 aromatic rings. The summed E-state index contributed by atoms with van der Waals surface area (Å²) in [5.74, 6) is 0.290. The lowest BCUT2D eigenvalue weighted by Gasteiger charge is -2.11. The van der Waals surface area contributed by atoms with Crippen molar-refractivity contribution in [1.82, 2.24) is 0 Å². The lowest BCUT2D eigenvalue weighted by atomic mass is 10.2. The van der Waals surface area contributed by atoms with E-state index in [9.17, 15) is 4.39 Å². The molecule has 0 aliphatic rings. The average Bonchev–Trinajstić information content (AvgIpc) is 2.48. The Balaban J connectivity index is 2.14. The van der Waals surface area contributed by atoms with Crippen molar-refractivity contribution in [1.29, 1.82) is 5.26 Å².